The number of rotatable bonds is 0. The van der Waals surface area contributed by atoms with Crippen molar-refractivity contribution in [3.63, 3.8) is 0 Å². The average Bonchev–Trinajstić information content (AvgIpc) is 1.36. The van der Waals surface area contributed by atoms with Crippen LogP contribution in [0.3, 0.4) is 0 Å². The van der Waals surface area contributed by atoms with E-state index in [0.717, 1.165) is 120 Å². The number of Topliss-reactive ketones (excluding diaryl/α,β-unsaturated/α-hetero) is 2. The van der Waals surface area contributed by atoms with Crippen LogP contribution in [-0.4, -0.2) is 94.8 Å². The maximum Gasteiger partial charge on any atom is 0.203 e. The second kappa shape index (κ2) is 24.0. The Morgan fingerprint density at radius 3 is 1.38 bits per heavy atom. The van der Waals surface area contributed by atoms with E-state index in [2.05, 4.69) is 112 Å². The third kappa shape index (κ3) is 10.5. The van der Waals surface area contributed by atoms with Crippen LogP contribution < -0.4 is 0 Å². The molecule has 19 nitrogen and oxygen atoms in total. The van der Waals surface area contributed by atoms with Gasteiger partial charge in [0.05, 0.1) is 66.5 Å². The number of ketones is 2. The van der Waals surface area contributed by atoms with Crippen LogP contribution in [0.2, 0.25) is 0 Å². The summed E-state index contributed by atoms with van der Waals surface area (Å²) in [6.45, 7) is 31.0. The first-order valence-corrected chi connectivity index (χ1v) is 35.2. The number of nitrogens with zero attached hydrogens (tertiary/aromatic N) is 12. The molecule has 6 aromatic heterocycles. The quantitative estimate of drug-likeness (QED) is 0.0824. The smallest absolute Gasteiger partial charge is 0.203 e. The minimum absolute atomic E-state index is 0.0349. The summed E-state index contributed by atoms with van der Waals surface area (Å²) in [5.41, 5.74) is 15.5. The van der Waals surface area contributed by atoms with Crippen LogP contribution in [0, 0.1) is 59.8 Å². The lowest BCUT2D eigenvalue weighted by atomic mass is 9.55. The Bertz CT molecular complexity index is 4010. The van der Waals surface area contributed by atoms with Gasteiger partial charge in [0, 0.05) is 147 Å². The number of aliphatic hydroxyl groups excluding tert-OH is 2. The molecule has 0 amide bonds. The summed E-state index contributed by atoms with van der Waals surface area (Å²) >= 11 is 0. The molecule has 1 spiro atoms. The van der Waals surface area contributed by atoms with E-state index in [4.69, 9.17) is 30.8 Å². The number of ether oxygens (including phenoxy) is 2. The number of hydrogen-bond donors (Lipinski definition) is 2. The molecule has 3 saturated carbocycles. The van der Waals surface area contributed by atoms with Crippen LogP contribution in [0.25, 0.3) is 4.85 Å². The van der Waals surface area contributed by atoms with Crippen LogP contribution in [-0.2, 0) is 120 Å². The molecule has 17 rings (SSSR count). The zero-order valence-electron chi connectivity index (χ0n) is 58.6. The molecule has 0 unspecified atom stereocenters. The van der Waals surface area contributed by atoms with E-state index in [9.17, 15) is 19.8 Å². The van der Waals surface area contributed by atoms with Crippen LogP contribution in [0.5, 0.6) is 0 Å². The molecule has 1 saturated heterocycles. The summed E-state index contributed by atoms with van der Waals surface area (Å²) in [6, 6.07) is 0. The van der Waals surface area contributed by atoms with Crippen molar-refractivity contribution in [2.75, 3.05) is 13.2 Å². The van der Waals surface area contributed by atoms with Crippen molar-refractivity contribution < 1.29 is 33.8 Å². The highest BCUT2D eigenvalue weighted by molar-refractivity contribution is 5.98. The Labute approximate surface area is 555 Å². The number of carbonyl (C=O) groups excluding carboxylic acids is 2. The molecule has 0 bridgehead atoms. The van der Waals surface area contributed by atoms with Gasteiger partial charge in [-0.15, -0.1) is 0 Å². The first kappa shape index (κ1) is 65.7. The van der Waals surface area contributed by atoms with Crippen LogP contribution in [0.15, 0.2) is 65.0 Å². The molecule has 15 atom stereocenters. The monoisotopic (exact) mass is 1280 g/mol. The minimum Gasteiger partial charge on any atom is -0.523 e. The van der Waals surface area contributed by atoms with Gasteiger partial charge in [-0.1, -0.05) is 74.4 Å². The highest BCUT2D eigenvalue weighted by Crippen LogP contribution is 2.59. The molecular formula is C75H102N12O7. The Balaban J connectivity index is 0.000000107. The first-order valence-electron chi connectivity index (χ1n) is 35.2. The topological polar surface area (TPSA) is 213 Å². The molecule has 4 fully saturated rings. The van der Waals surface area contributed by atoms with E-state index in [1.807, 2.05) is 78.7 Å². The van der Waals surface area contributed by atoms with Crippen molar-refractivity contribution >= 4 is 11.6 Å². The molecule has 6 aromatic rings. The molecule has 7 heterocycles. The maximum absolute atomic E-state index is 12.2. The van der Waals surface area contributed by atoms with Gasteiger partial charge in [0.1, 0.15) is 11.5 Å². The number of aliphatic hydroxyl groups is 2. The molecular weight excluding hydrogens is 1180 g/mol. The van der Waals surface area contributed by atoms with Gasteiger partial charge in [0.15, 0.2) is 11.6 Å². The minimum atomic E-state index is -0.309. The summed E-state index contributed by atoms with van der Waals surface area (Å²) in [7, 11) is 9.94. The lowest BCUT2D eigenvalue weighted by Crippen LogP contribution is -2.55. The van der Waals surface area contributed by atoms with E-state index in [0.29, 0.717) is 77.1 Å². The molecule has 11 aliphatic rings. The summed E-state index contributed by atoms with van der Waals surface area (Å²) in [6.07, 6.45) is 30.7. The van der Waals surface area contributed by atoms with Crippen molar-refractivity contribution in [1.82, 2.24) is 54.1 Å². The Kier molecular flexibility index (Phi) is 16.8. The van der Waals surface area contributed by atoms with Gasteiger partial charge in [-0.05, 0) is 154 Å². The predicted octanol–water partition coefficient (Wildman–Crippen LogP) is 12.5. The number of hydrogen-bond acceptors (Lipinski definition) is 13. The Hall–Kier alpha value is -6.91. The molecule has 94 heavy (non-hydrogen) atoms. The highest BCUT2D eigenvalue weighted by atomic mass is 16.7. The number of fused-ring (bicyclic) bond motifs is 16. The van der Waals surface area contributed by atoms with Crippen LogP contribution >= 0.6 is 0 Å². The fraction of sp³-hybridized carbons (Fsp3) is 0.667. The standard InChI is InChI=1S/C16H24N2O2.2C15H19N3O.C15H20N2O2.C14H20N2O/c1-11-13-5-4-12-10-18(3)17-14(12)15(13,2)6-7-16(11)19-8-9-20-16;1-9-12-5-4-10-8-18(3)17-14(10)15(12,2)6-11-7-16-19-13(9)11;1-9-11-6-5-10-8-18(4)17-14(10)15(11,2)7-12(16-3)13(9)19;1-9-12-5-4-10-7-17(3)16-14(10)15(12,2)6-11(8-18)13(9)19;1-9-11-5-4-10-8-16(3)15-13(10)14(11,2)7-6-12(9)17/h10-11,13H,4-9H2,1-3H3;7-9,12H,4-6H2,1-3H3;8-9,11,19H,5-7H2,1-2,4H3;7-9,12,18H,4-6H2,1-3H3;8-9,11H,4-7H2,1-3H3/b;;;11-8-;/t11-,13-,15-;9-,12-,15-;9-,11-,15-;9-,12-,15-;9-,11-,14-/m00000/s1. The fourth-order valence-corrected chi connectivity index (χ4v) is 21.4. The Morgan fingerprint density at radius 1 is 0.511 bits per heavy atom. The molecule has 504 valence electrons. The molecule has 0 aromatic carbocycles. The SMILES string of the molecule is C[C@@H]1C(=O)/C(=C\O)C[C@]2(C)c3nn(C)cc3CC[C@@H]12.C[C@@H]1C(=O)CC[C@]2(C)c3nn(C)cc3CC[C@@H]12.C[C@@H]1c2oncc2C[C@]2(C)c3nn(C)cc3CC[C@@H]12.C[C@H]1[C@@H]2CCc3cn(C)nc3[C@@]2(C)CCC12OCCO2.[C-]#[N+]C1=C(O)[C@@H](C)[C@@H]2CCc3cn(C)nc3[C@@]2(C)C1. The second-order valence-corrected chi connectivity index (χ2v) is 31.8. The van der Waals surface area contributed by atoms with Crippen molar-refractivity contribution in [3.05, 3.63) is 140 Å². The third-order valence-electron chi connectivity index (χ3n) is 26.3. The molecule has 10 aliphatic carbocycles. The molecule has 0 radical (unpaired) electrons. The van der Waals surface area contributed by atoms with Gasteiger partial charge in [-0.3, -0.25) is 33.0 Å². The normalized spacial score (nSPS) is 35.5. The average molecular weight is 1280 g/mol. The van der Waals surface area contributed by atoms with Crippen molar-refractivity contribution in [1.29, 1.82) is 0 Å². The van der Waals surface area contributed by atoms with Gasteiger partial charge in [0.2, 0.25) is 5.70 Å². The van der Waals surface area contributed by atoms with Gasteiger partial charge in [-0.25, -0.2) is 4.85 Å². The van der Waals surface area contributed by atoms with Gasteiger partial charge >= 0.3 is 0 Å². The number of allylic oxidation sites excluding steroid dienone is 3. The van der Waals surface area contributed by atoms with E-state index in [1.165, 1.54) is 63.3 Å². The predicted molar refractivity (Wildman–Crippen MR) is 356 cm³/mol. The van der Waals surface area contributed by atoms with Crippen LogP contribution in [0.1, 0.15) is 213 Å². The van der Waals surface area contributed by atoms with Crippen molar-refractivity contribution in [3.8, 4) is 0 Å². The summed E-state index contributed by atoms with van der Waals surface area (Å²) in [5, 5.41) is 47.0. The number of carbonyl (C=O) groups is 2. The molecule has 2 N–H and O–H groups in total. The largest absolute Gasteiger partial charge is 0.523 e. The summed E-state index contributed by atoms with van der Waals surface area (Å²) < 4.78 is 27.2. The van der Waals surface area contributed by atoms with Gasteiger partial charge < -0.3 is 24.2 Å². The van der Waals surface area contributed by atoms with Crippen LogP contribution in [0.4, 0.5) is 0 Å². The first-order chi connectivity index (χ1) is 44.6. The fourth-order valence-electron chi connectivity index (χ4n) is 21.4. The third-order valence-corrected chi connectivity index (χ3v) is 26.3. The number of aromatic nitrogens is 11. The summed E-state index contributed by atoms with van der Waals surface area (Å²) in [4.78, 5) is 27.6. The maximum atomic E-state index is 12.2. The highest BCUT2D eigenvalue weighted by Gasteiger charge is 2.59. The van der Waals surface area contributed by atoms with E-state index < -0.39 is 0 Å². The van der Waals surface area contributed by atoms with Gasteiger partial charge in [-0.2, -0.15) is 25.5 Å². The molecule has 19 heteroatoms. The second-order valence-electron chi connectivity index (χ2n) is 31.8. The zero-order chi connectivity index (χ0) is 66.9. The Morgan fingerprint density at radius 2 is 0.915 bits per heavy atom. The summed E-state index contributed by atoms with van der Waals surface area (Å²) in [5.74, 6) is 5.16. The lowest BCUT2D eigenvalue weighted by Gasteiger charge is -2.53. The van der Waals surface area contributed by atoms with E-state index >= 15 is 0 Å². The van der Waals surface area contributed by atoms with Crippen molar-refractivity contribution in [2.45, 2.75) is 217 Å². The lowest BCUT2D eigenvalue weighted by molar-refractivity contribution is -0.234. The zero-order valence-corrected chi connectivity index (χ0v) is 58.6. The van der Waals surface area contributed by atoms with Crippen molar-refractivity contribution in [2.24, 2.45) is 88.5 Å². The van der Waals surface area contributed by atoms with E-state index in [-0.39, 0.29) is 56.4 Å². The van der Waals surface area contributed by atoms with Gasteiger partial charge in [0.25, 0.3) is 0 Å². The molecule has 1 aliphatic heterocycles. The van der Waals surface area contributed by atoms with E-state index in [1.54, 1.807) is 0 Å². The number of aryl methyl sites for hydroxylation is 10.